The zero-order chi connectivity index (χ0) is 43.7. The summed E-state index contributed by atoms with van der Waals surface area (Å²) in [6.07, 6.45) is 0. The molecule has 0 aliphatic carbocycles. The van der Waals surface area contributed by atoms with Gasteiger partial charge in [0.25, 0.3) is 0 Å². The average Bonchev–Trinajstić information content (AvgIpc) is 3.99. The van der Waals surface area contributed by atoms with Crippen LogP contribution >= 0.6 is 0 Å². The Morgan fingerprint density at radius 1 is 0.541 bits per heavy atom. The minimum Gasteiger partial charge on any atom is -0.457 e. The zero-order valence-electron chi connectivity index (χ0n) is 37.2. The number of ether oxygens (including phenoxy) is 1. The van der Waals surface area contributed by atoms with Gasteiger partial charge >= 0.3 is 0 Å². The SMILES string of the molecule is [2H]C([2H])([2H])n1c(-n2c3ccccc3c3ccc(Oc4cccc(N5CN(c6c(-c7ccccc7)cc(C(C)(C)C)cc6-c6ccccc6)c6ccccc65)c4)cc32)nc2ccccc21. The molecule has 2 aromatic heterocycles. The van der Waals surface area contributed by atoms with E-state index in [1.165, 1.54) is 32.4 Å². The molecule has 0 fully saturated rings. The number of hydrogen-bond acceptors (Lipinski definition) is 4. The standard InChI is InChI=1S/C55H45N5O/c1-55(2,3)39-32-45(37-18-7-5-8-19-37)53(46(33-39)38-20-9-6-10-21-38)59-36-58(50-28-15-16-29-51(50)59)40-22-17-23-41(34-40)61-42-30-31-44-43-24-11-13-26-48(43)60(52(44)35-42)54-56-47-25-12-14-27-49(47)57(54)4/h5-35H,36H2,1-4H3/i4D3. The lowest BCUT2D eigenvalue weighted by molar-refractivity contribution is 0.483. The maximum Gasteiger partial charge on any atom is 0.215 e. The summed E-state index contributed by atoms with van der Waals surface area (Å²) in [7, 11) is 0. The summed E-state index contributed by atoms with van der Waals surface area (Å²) in [5, 5.41) is 1.96. The lowest BCUT2D eigenvalue weighted by Crippen LogP contribution is -2.25. The topological polar surface area (TPSA) is 38.5 Å². The lowest BCUT2D eigenvalue weighted by Gasteiger charge is -2.30. The van der Waals surface area contributed by atoms with Crippen molar-refractivity contribution in [1.82, 2.24) is 14.1 Å². The number of nitrogens with zero attached hydrogens (tertiary/aromatic N) is 5. The first-order valence-electron chi connectivity index (χ1n) is 22.2. The molecule has 0 spiro atoms. The highest BCUT2D eigenvalue weighted by Gasteiger charge is 2.32. The Labute approximate surface area is 360 Å². The molecule has 1 aliphatic rings. The van der Waals surface area contributed by atoms with Gasteiger partial charge in [0.1, 0.15) is 18.2 Å². The Kier molecular flexibility index (Phi) is 7.81. The highest BCUT2D eigenvalue weighted by atomic mass is 16.5. The molecule has 0 saturated heterocycles. The molecule has 8 aromatic carbocycles. The lowest BCUT2D eigenvalue weighted by atomic mass is 9.82. The van der Waals surface area contributed by atoms with Gasteiger partial charge in [0.05, 0.1) is 39.1 Å². The van der Waals surface area contributed by atoms with Crippen molar-refractivity contribution >= 4 is 55.6 Å². The van der Waals surface area contributed by atoms with Crippen LogP contribution in [0.4, 0.5) is 22.7 Å². The maximum absolute atomic E-state index is 8.56. The number of hydrogen-bond donors (Lipinski definition) is 0. The number of benzene rings is 8. The second kappa shape index (κ2) is 14.3. The molecule has 0 bridgehead atoms. The van der Waals surface area contributed by atoms with Crippen LogP contribution in [0.2, 0.25) is 0 Å². The Hall–Kier alpha value is -7.57. The first kappa shape index (κ1) is 33.3. The molecule has 61 heavy (non-hydrogen) atoms. The molecule has 3 heterocycles. The van der Waals surface area contributed by atoms with Crippen LogP contribution in [-0.4, -0.2) is 20.8 Å². The van der Waals surface area contributed by atoms with Crippen molar-refractivity contribution < 1.29 is 8.85 Å². The van der Waals surface area contributed by atoms with Crippen LogP contribution in [0.5, 0.6) is 11.5 Å². The van der Waals surface area contributed by atoms with Crippen LogP contribution in [0.25, 0.3) is 61.0 Å². The van der Waals surface area contributed by atoms with Crippen LogP contribution in [0.3, 0.4) is 0 Å². The quantitative estimate of drug-likeness (QED) is 0.161. The van der Waals surface area contributed by atoms with E-state index in [1.54, 1.807) is 6.07 Å². The Bertz CT molecular complexity index is 3320. The highest BCUT2D eigenvalue weighted by Crippen LogP contribution is 2.51. The van der Waals surface area contributed by atoms with Gasteiger partial charge in [0, 0.05) is 50.8 Å². The molecule has 0 atom stereocenters. The van der Waals surface area contributed by atoms with Gasteiger partial charge in [-0.3, -0.25) is 4.57 Å². The van der Waals surface area contributed by atoms with Gasteiger partial charge in [0.15, 0.2) is 0 Å². The minimum atomic E-state index is -2.47. The summed E-state index contributed by atoms with van der Waals surface area (Å²) in [4.78, 5) is 9.72. The van der Waals surface area contributed by atoms with E-state index in [1.807, 2.05) is 71.3 Å². The molecule has 296 valence electrons. The summed E-state index contributed by atoms with van der Waals surface area (Å²) in [6.45, 7) is 4.95. The van der Waals surface area contributed by atoms with E-state index >= 15 is 0 Å². The monoisotopic (exact) mass is 794 g/mol. The fourth-order valence-corrected chi connectivity index (χ4v) is 8.90. The van der Waals surface area contributed by atoms with E-state index in [4.69, 9.17) is 13.8 Å². The molecular weight excluding hydrogens is 747 g/mol. The molecule has 11 rings (SSSR count). The van der Waals surface area contributed by atoms with Crippen molar-refractivity contribution in [3.63, 3.8) is 0 Å². The van der Waals surface area contributed by atoms with Crippen molar-refractivity contribution in [2.75, 3.05) is 16.5 Å². The highest BCUT2D eigenvalue weighted by molar-refractivity contribution is 6.09. The molecule has 6 nitrogen and oxygen atoms in total. The number of fused-ring (bicyclic) bond motifs is 5. The first-order chi connectivity index (χ1) is 31.0. The van der Waals surface area contributed by atoms with Gasteiger partial charge in [-0.25, -0.2) is 4.98 Å². The average molecular weight is 795 g/mol. The fourth-order valence-electron chi connectivity index (χ4n) is 8.90. The second-order valence-corrected chi connectivity index (χ2v) is 16.8. The van der Waals surface area contributed by atoms with E-state index < -0.39 is 6.98 Å². The van der Waals surface area contributed by atoms with E-state index in [0.29, 0.717) is 35.1 Å². The van der Waals surface area contributed by atoms with Crippen LogP contribution in [0.15, 0.2) is 188 Å². The predicted octanol–water partition coefficient (Wildman–Crippen LogP) is 14.3. The fraction of sp³-hybridized carbons (Fsp3) is 0.109. The van der Waals surface area contributed by atoms with Gasteiger partial charge in [-0.05, 0) is 88.8 Å². The third kappa shape index (κ3) is 6.22. The zero-order valence-corrected chi connectivity index (χ0v) is 34.2. The molecule has 10 aromatic rings. The van der Waals surface area contributed by atoms with E-state index in [0.717, 1.165) is 44.6 Å². The molecule has 0 radical (unpaired) electrons. The van der Waals surface area contributed by atoms with E-state index in [2.05, 4.69) is 146 Å². The van der Waals surface area contributed by atoms with Gasteiger partial charge in [-0.2, -0.15) is 0 Å². The largest absolute Gasteiger partial charge is 0.457 e. The van der Waals surface area contributed by atoms with Gasteiger partial charge in [-0.15, -0.1) is 0 Å². The van der Waals surface area contributed by atoms with Crippen LogP contribution in [0.1, 0.15) is 30.4 Å². The molecule has 0 amide bonds. The summed E-state index contributed by atoms with van der Waals surface area (Å²) in [6, 6.07) is 64.5. The number of aryl methyl sites for hydroxylation is 1. The van der Waals surface area contributed by atoms with Gasteiger partial charge < -0.3 is 19.1 Å². The predicted molar refractivity (Wildman–Crippen MR) is 253 cm³/mol. The molecule has 0 unspecified atom stereocenters. The number of imidazole rings is 1. The van der Waals surface area contributed by atoms with Crippen molar-refractivity contribution in [3.05, 3.63) is 194 Å². The van der Waals surface area contributed by atoms with Crippen molar-refractivity contribution in [2.24, 2.45) is 6.98 Å². The first-order valence-corrected chi connectivity index (χ1v) is 20.7. The smallest absolute Gasteiger partial charge is 0.215 e. The number of anilines is 4. The maximum atomic E-state index is 8.56. The Morgan fingerprint density at radius 3 is 1.85 bits per heavy atom. The normalized spacial score (nSPS) is 13.7. The number of aromatic nitrogens is 3. The molecule has 6 heteroatoms. The van der Waals surface area contributed by atoms with Gasteiger partial charge in [-0.1, -0.05) is 130 Å². The van der Waals surface area contributed by atoms with Crippen LogP contribution < -0.4 is 14.5 Å². The van der Waals surface area contributed by atoms with E-state index in [9.17, 15) is 0 Å². The third-order valence-corrected chi connectivity index (χ3v) is 11.9. The minimum absolute atomic E-state index is 0.0727. The second-order valence-electron chi connectivity index (χ2n) is 16.8. The van der Waals surface area contributed by atoms with Crippen molar-refractivity contribution in [3.8, 4) is 39.7 Å². The Morgan fingerprint density at radius 2 is 1.15 bits per heavy atom. The van der Waals surface area contributed by atoms with Crippen LogP contribution in [0, 0.1) is 0 Å². The van der Waals surface area contributed by atoms with Crippen molar-refractivity contribution in [1.29, 1.82) is 0 Å². The Balaban J connectivity index is 1.01. The summed E-state index contributed by atoms with van der Waals surface area (Å²) in [5.41, 5.74) is 13.1. The summed E-state index contributed by atoms with van der Waals surface area (Å²) >= 11 is 0. The number of rotatable bonds is 7. The van der Waals surface area contributed by atoms with Gasteiger partial charge in [0.2, 0.25) is 5.95 Å². The number of para-hydroxylation sites is 5. The molecule has 0 saturated carbocycles. The molecule has 1 aliphatic heterocycles. The molecule has 0 N–H and O–H groups in total. The molecular formula is C55H45N5O. The third-order valence-electron chi connectivity index (χ3n) is 11.9. The van der Waals surface area contributed by atoms with Crippen LogP contribution in [-0.2, 0) is 12.4 Å². The van der Waals surface area contributed by atoms with E-state index in [-0.39, 0.29) is 5.41 Å². The van der Waals surface area contributed by atoms with Crippen molar-refractivity contribution in [2.45, 2.75) is 26.2 Å². The summed E-state index contributed by atoms with van der Waals surface area (Å²) in [5.74, 6) is 1.62. The summed E-state index contributed by atoms with van der Waals surface area (Å²) < 4.78 is 35.7.